The van der Waals surface area contributed by atoms with Crippen LogP contribution in [0, 0.1) is 5.92 Å². The average Bonchev–Trinajstić information content (AvgIpc) is 3.35. The van der Waals surface area contributed by atoms with Crippen LogP contribution in [-0.2, 0) is 4.74 Å². The monoisotopic (exact) mass is 498 g/mol. The first-order valence-electron chi connectivity index (χ1n) is 14.9. The van der Waals surface area contributed by atoms with Crippen LogP contribution in [0.5, 0.6) is 0 Å². The second-order valence-corrected chi connectivity index (χ2v) is 11.6. The Hall–Kier alpha value is -0.240. The fourth-order valence-corrected chi connectivity index (χ4v) is 4.77. The van der Waals surface area contributed by atoms with Gasteiger partial charge in [-0.05, 0) is 145 Å². The lowest BCUT2D eigenvalue weighted by atomic mass is 10.00. The molecule has 35 heavy (non-hydrogen) atoms. The largest absolute Gasteiger partial charge is 0.379 e. The van der Waals surface area contributed by atoms with E-state index < -0.39 is 0 Å². The molecule has 0 amide bonds. The van der Waals surface area contributed by atoms with Crippen molar-refractivity contribution in [3.63, 3.8) is 0 Å². The van der Waals surface area contributed by atoms with Crippen molar-refractivity contribution in [3.8, 4) is 0 Å². The van der Waals surface area contributed by atoms with Crippen molar-refractivity contribution in [1.82, 2.24) is 24.5 Å². The molecule has 0 N–H and O–H groups in total. The number of hydrogen-bond acceptors (Lipinski definition) is 6. The highest BCUT2D eigenvalue weighted by Crippen LogP contribution is 2.13. The van der Waals surface area contributed by atoms with Gasteiger partial charge < -0.3 is 29.2 Å². The number of rotatable bonds is 0. The molecule has 0 aromatic heterocycles. The first-order valence-corrected chi connectivity index (χ1v) is 14.9. The third-order valence-corrected chi connectivity index (χ3v) is 7.73. The predicted octanol–water partition coefficient (Wildman–Crippen LogP) is 4.21. The minimum atomic E-state index is 0.913. The SMILES string of the molecule is CC1CCN(C)CC1.CN1CCCC1.CN1CCCCC1.CN1CCCCC1.CN1CCOCC1. The van der Waals surface area contributed by atoms with E-state index in [9.17, 15) is 0 Å². The zero-order chi connectivity index (χ0) is 25.7. The van der Waals surface area contributed by atoms with E-state index in [4.69, 9.17) is 4.74 Å². The Labute approximate surface area is 220 Å². The molecular weight excluding hydrogens is 434 g/mol. The number of nitrogens with zero attached hydrogens (tertiary/aromatic N) is 5. The molecule has 5 heterocycles. The second kappa shape index (κ2) is 21.8. The smallest absolute Gasteiger partial charge is 0.0594 e. The van der Waals surface area contributed by atoms with E-state index in [1.165, 1.54) is 117 Å². The first-order chi connectivity index (χ1) is 16.9. The number of ether oxygens (including phenoxy) is 1. The summed E-state index contributed by atoms with van der Waals surface area (Å²) in [5.74, 6) is 0.978. The molecule has 6 nitrogen and oxygen atoms in total. The van der Waals surface area contributed by atoms with Crippen molar-refractivity contribution in [2.75, 3.05) is 114 Å². The molecule has 0 unspecified atom stereocenters. The Morgan fingerprint density at radius 3 is 0.886 bits per heavy atom. The van der Waals surface area contributed by atoms with Crippen LogP contribution in [0.15, 0.2) is 0 Å². The Balaban J connectivity index is 0.000000219. The molecule has 5 fully saturated rings. The van der Waals surface area contributed by atoms with Gasteiger partial charge in [0, 0.05) is 13.1 Å². The summed E-state index contributed by atoms with van der Waals surface area (Å²) in [6.45, 7) is 16.9. The Morgan fingerprint density at radius 1 is 0.400 bits per heavy atom. The molecule has 210 valence electrons. The van der Waals surface area contributed by atoms with E-state index in [1.807, 2.05) is 0 Å². The summed E-state index contributed by atoms with van der Waals surface area (Å²) in [4.78, 5) is 11.8. The molecule has 0 saturated carbocycles. The minimum Gasteiger partial charge on any atom is -0.379 e. The first kappa shape index (κ1) is 32.8. The number of piperidine rings is 3. The third-order valence-electron chi connectivity index (χ3n) is 7.73. The third kappa shape index (κ3) is 20.5. The molecule has 0 aliphatic carbocycles. The van der Waals surface area contributed by atoms with Gasteiger partial charge in [-0.25, -0.2) is 0 Å². The summed E-state index contributed by atoms with van der Waals surface area (Å²) in [6.07, 6.45) is 14.2. The lowest BCUT2D eigenvalue weighted by Crippen LogP contribution is -2.32. The highest BCUT2D eigenvalue weighted by Gasteiger charge is 2.10. The van der Waals surface area contributed by atoms with Crippen LogP contribution in [0.3, 0.4) is 0 Å². The van der Waals surface area contributed by atoms with Crippen LogP contribution in [0.2, 0.25) is 0 Å². The number of hydrogen-bond donors (Lipinski definition) is 0. The summed E-state index contributed by atoms with van der Waals surface area (Å²) < 4.78 is 5.10. The highest BCUT2D eigenvalue weighted by molar-refractivity contribution is 4.65. The highest BCUT2D eigenvalue weighted by atomic mass is 16.5. The van der Waals surface area contributed by atoms with E-state index in [-0.39, 0.29) is 0 Å². The average molecular weight is 498 g/mol. The Bertz CT molecular complexity index is 386. The van der Waals surface area contributed by atoms with Gasteiger partial charge in [-0.3, -0.25) is 0 Å². The maximum absolute atomic E-state index is 5.10. The molecule has 0 bridgehead atoms. The van der Waals surface area contributed by atoms with Crippen LogP contribution in [0.25, 0.3) is 0 Å². The zero-order valence-corrected chi connectivity index (χ0v) is 24.8. The van der Waals surface area contributed by atoms with Crippen LogP contribution in [-0.4, -0.2) is 138 Å². The fourth-order valence-electron chi connectivity index (χ4n) is 4.77. The van der Waals surface area contributed by atoms with Crippen molar-refractivity contribution in [3.05, 3.63) is 0 Å². The van der Waals surface area contributed by atoms with E-state index >= 15 is 0 Å². The molecule has 6 heteroatoms. The van der Waals surface area contributed by atoms with Crippen molar-refractivity contribution in [2.24, 2.45) is 5.92 Å². The van der Waals surface area contributed by atoms with Crippen molar-refractivity contribution < 1.29 is 4.74 Å². The standard InChI is InChI=1S/C7H15N.2C6H13N.C5H11NO.C5H11N/c1-7-3-5-8(2)6-4-7;2*1-7-5-3-2-4-6-7;1-6-2-4-7-5-3-6;1-6-4-2-3-5-6/h7H,3-6H2,1-2H3;2*2-6H2,1H3;2-5H2,1H3;2-5H2,1H3. The minimum absolute atomic E-state index is 0.913. The summed E-state index contributed by atoms with van der Waals surface area (Å²) in [7, 11) is 10.9. The van der Waals surface area contributed by atoms with Crippen molar-refractivity contribution in [1.29, 1.82) is 0 Å². The molecule has 5 aliphatic rings. The van der Waals surface area contributed by atoms with Gasteiger partial charge in [-0.15, -0.1) is 0 Å². The van der Waals surface area contributed by atoms with Crippen LogP contribution in [0.4, 0.5) is 0 Å². The molecule has 5 saturated heterocycles. The molecule has 5 aliphatic heterocycles. The Morgan fingerprint density at radius 2 is 0.686 bits per heavy atom. The van der Waals surface area contributed by atoms with Crippen LogP contribution >= 0.6 is 0 Å². The summed E-state index contributed by atoms with van der Waals surface area (Å²) >= 11 is 0. The maximum Gasteiger partial charge on any atom is 0.0594 e. The van der Waals surface area contributed by atoms with E-state index in [1.54, 1.807) is 0 Å². The Kier molecular flexibility index (Phi) is 20.4. The van der Waals surface area contributed by atoms with Gasteiger partial charge in [0.15, 0.2) is 0 Å². The van der Waals surface area contributed by atoms with Gasteiger partial charge in [-0.1, -0.05) is 19.8 Å². The van der Waals surface area contributed by atoms with Crippen molar-refractivity contribution >= 4 is 0 Å². The van der Waals surface area contributed by atoms with Gasteiger partial charge in [0.2, 0.25) is 0 Å². The molecular formula is C29H63N5O. The quantitative estimate of drug-likeness (QED) is 0.497. The number of morpholine rings is 1. The van der Waals surface area contributed by atoms with Gasteiger partial charge in [0.1, 0.15) is 0 Å². The molecule has 0 radical (unpaired) electrons. The predicted molar refractivity (Wildman–Crippen MR) is 154 cm³/mol. The maximum atomic E-state index is 5.10. The van der Waals surface area contributed by atoms with Crippen LogP contribution < -0.4 is 0 Å². The lowest BCUT2D eigenvalue weighted by Gasteiger charge is -2.26. The normalized spacial score (nSPS) is 25.5. The molecule has 0 aromatic carbocycles. The molecule has 0 aromatic rings. The second-order valence-electron chi connectivity index (χ2n) is 11.6. The van der Waals surface area contributed by atoms with E-state index in [0.29, 0.717) is 0 Å². The van der Waals surface area contributed by atoms with Crippen LogP contribution in [0.1, 0.15) is 71.1 Å². The number of likely N-dealkylation sites (tertiary alicyclic amines) is 4. The summed E-state index contributed by atoms with van der Waals surface area (Å²) in [6, 6.07) is 0. The zero-order valence-electron chi connectivity index (χ0n) is 24.8. The van der Waals surface area contributed by atoms with E-state index in [2.05, 4.69) is 66.7 Å². The lowest BCUT2D eigenvalue weighted by molar-refractivity contribution is 0.0503. The van der Waals surface area contributed by atoms with Gasteiger partial charge in [-0.2, -0.15) is 0 Å². The van der Waals surface area contributed by atoms with Gasteiger partial charge in [0.25, 0.3) is 0 Å². The molecule has 0 atom stereocenters. The summed E-state index contributed by atoms with van der Waals surface area (Å²) in [5, 5.41) is 0. The van der Waals surface area contributed by atoms with Gasteiger partial charge >= 0.3 is 0 Å². The van der Waals surface area contributed by atoms with Gasteiger partial charge in [0.05, 0.1) is 13.2 Å². The molecule has 5 rings (SSSR count). The van der Waals surface area contributed by atoms with E-state index in [0.717, 1.165) is 32.2 Å². The number of likely N-dealkylation sites (N-methyl/N-ethyl adjacent to an activating group) is 1. The fraction of sp³-hybridized carbons (Fsp3) is 1.00. The molecule has 0 spiro atoms. The van der Waals surface area contributed by atoms with Crippen molar-refractivity contribution in [2.45, 2.75) is 71.1 Å². The topological polar surface area (TPSA) is 25.4 Å². The summed E-state index contributed by atoms with van der Waals surface area (Å²) in [5.41, 5.74) is 0.